The maximum atomic E-state index is 5.32. The van der Waals surface area contributed by atoms with Gasteiger partial charge in [-0.3, -0.25) is 0 Å². The highest BCUT2D eigenvalue weighted by atomic mass is 31.1. The quantitative estimate of drug-likeness (QED) is 0.190. The SMILES string of the molecule is CCC(CPc1ccccc1Cc1ccc(OC)cc1)Pc1ccccc1Cc1ccc(OC)cc1. The molecule has 4 heteroatoms. The number of hydrogen-bond acceptors (Lipinski definition) is 2. The van der Waals surface area contributed by atoms with Gasteiger partial charge in [0.2, 0.25) is 0 Å². The molecule has 0 spiro atoms. The number of methoxy groups -OCH3 is 2. The van der Waals surface area contributed by atoms with Crippen molar-refractivity contribution < 1.29 is 9.47 Å². The Morgan fingerprint density at radius 1 is 0.611 bits per heavy atom. The van der Waals surface area contributed by atoms with Crippen molar-refractivity contribution in [3.05, 3.63) is 119 Å². The Morgan fingerprint density at radius 3 is 1.58 bits per heavy atom. The molecule has 0 radical (unpaired) electrons. The molecule has 0 fully saturated rings. The summed E-state index contributed by atoms with van der Waals surface area (Å²) in [5.41, 5.74) is 6.25. The molecule has 186 valence electrons. The van der Waals surface area contributed by atoms with E-state index >= 15 is 0 Å². The molecule has 0 heterocycles. The second kappa shape index (κ2) is 13.6. The van der Waals surface area contributed by atoms with Crippen LogP contribution in [0.15, 0.2) is 97.1 Å². The zero-order valence-electron chi connectivity index (χ0n) is 21.5. The van der Waals surface area contributed by atoms with Gasteiger partial charge in [-0.05, 0) is 88.2 Å². The largest absolute Gasteiger partial charge is 0.497 e. The van der Waals surface area contributed by atoms with Crippen LogP contribution in [0.25, 0.3) is 0 Å². The van der Waals surface area contributed by atoms with Gasteiger partial charge < -0.3 is 9.47 Å². The number of hydrogen-bond donors (Lipinski definition) is 0. The fourth-order valence-electron chi connectivity index (χ4n) is 4.34. The Kier molecular flexibility index (Phi) is 9.97. The van der Waals surface area contributed by atoms with E-state index in [9.17, 15) is 0 Å². The van der Waals surface area contributed by atoms with Gasteiger partial charge in [-0.1, -0.05) is 96.9 Å². The number of ether oxygens (including phenoxy) is 2. The summed E-state index contributed by atoms with van der Waals surface area (Å²) < 4.78 is 10.6. The first-order valence-electron chi connectivity index (χ1n) is 12.6. The molecule has 0 saturated carbocycles. The molecule has 4 aromatic rings. The highest BCUT2D eigenvalue weighted by Gasteiger charge is 2.13. The predicted octanol–water partition coefficient (Wildman–Crippen LogP) is 6.97. The van der Waals surface area contributed by atoms with Gasteiger partial charge in [0.05, 0.1) is 14.2 Å². The average Bonchev–Trinajstić information content (AvgIpc) is 2.93. The van der Waals surface area contributed by atoms with Crippen LogP contribution >= 0.6 is 17.2 Å². The molecule has 4 aromatic carbocycles. The highest BCUT2D eigenvalue weighted by molar-refractivity contribution is 7.52. The molecule has 0 aromatic heterocycles. The van der Waals surface area contributed by atoms with Gasteiger partial charge in [0.1, 0.15) is 11.5 Å². The fourth-order valence-corrected chi connectivity index (χ4v) is 7.62. The van der Waals surface area contributed by atoms with Crippen molar-refractivity contribution >= 4 is 27.8 Å². The minimum Gasteiger partial charge on any atom is -0.497 e. The molecule has 36 heavy (non-hydrogen) atoms. The molecule has 2 nitrogen and oxygen atoms in total. The molecule has 0 aliphatic heterocycles. The van der Waals surface area contributed by atoms with Gasteiger partial charge in [-0.25, -0.2) is 0 Å². The summed E-state index contributed by atoms with van der Waals surface area (Å²) in [4.78, 5) is 0. The van der Waals surface area contributed by atoms with Crippen LogP contribution in [0.4, 0.5) is 0 Å². The van der Waals surface area contributed by atoms with E-state index in [4.69, 9.17) is 9.47 Å². The lowest BCUT2D eigenvalue weighted by Gasteiger charge is -2.19. The lowest BCUT2D eigenvalue weighted by atomic mass is 10.1. The summed E-state index contributed by atoms with van der Waals surface area (Å²) in [7, 11) is 5.09. The lowest BCUT2D eigenvalue weighted by molar-refractivity contribution is 0.414. The third-order valence-electron chi connectivity index (χ3n) is 6.53. The van der Waals surface area contributed by atoms with Gasteiger partial charge in [0, 0.05) is 0 Å². The summed E-state index contributed by atoms with van der Waals surface area (Å²) in [6.45, 7) is 2.34. The van der Waals surface area contributed by atoms with Crippen LogP contribution < -0.4 is 20.1 Å². The highest BCUT2D eigenvalue weighted by Crippen LogP contribution is 2.30. The van der Waals surface area contributed by atoms with E-state index in [0.717, 1.165) is 41.5 Å². The maximum Gasteiger partial charge on any atom is 0.118 e. The average molecular weight is 515 g/mol. The van der Waals surface area contributed by atoms with E-state index in [0.29, 0.717) is 5.66 Å². The maximum absolute atomic E-state index is 5.32. The van der Waals surface area contributed by atoms with E-state index in [1.54, 1.807) is 14.2 Å². The topological polar surface area (TPSA) is 18.5 Å². The third-order valence-corrected chi connectivity index (χ3v) is 10.3. The van der Waals surface area contributed by atoms with Crippen molar-refractivity contribution in [3.63, 3.8) is 0 Å². The van der Waals surface area contributed by atoms with Crippen molar-refractivity contribution in [2.24, 2.45) is 0 Å². The number of rotatable bonds is 12. The van der Waals surface area contributed by atoms with Crippen LogP contribution in [0, 0.1) is 0 Å². The van der Waals surface area contributed by atoms with Crippen LogP contribution in [-0.4, -0.2) is 26.0 Å². The van der Waals surface area contributed by atoms with Crippen molar-refractivity contribution in [3.8, 4) is 11.5 Å². The van der Waals surface area contributed by atoms with E-state index in [1.165, 1.54) is 45.4 Å². The first kappa shape index (κ1) is 26.4. The molecular formula is C32H36O2P2. The minimum atomic E-state index is 0.703. The van der Waals surface area contributed by atoms with E-state index in [2.05, 4.69) is 104 Å². The molecule has 0 bridgehead atoms. The molecular weight excluding hydrogens is 478 g/mol. The first-order chi connectivity index (χ1) is 17.7. The molecule has 0 saturated heterocycles. The van der Waals surface area contributed by atoms with E-state index in [1.807, 2.05) is 0 Å². The zero-order valence-corrected chi connectivity index (χ0v) is 23.5. The Hall–Kier alpha value is -2.66. The summed E-state index contributed by atoms with van der Waals surface area (Å²) in [5.74, 6) is 1.82. The van der Waals surface area contributed by atoms with Gasteiger partial charge in [-0.2, -0.15) is 0 Å². The monoisotopic (exact) mass is 514 g/mol. The Bertz CT molecular complexity index is 1220. The van der Waals surface area contributed by atoms with Crippen LogP contribution in [0.2, 0.25) is 0 Å². The van der Waals surface area contributed by atoms with Gasteiger partial charge >= 0.3 is 0 Å². The Balaban J connectivity index is 1.41. The summed E-state index contributed by atoms with van der Waals surface area (Å²) in [6.07, 6.45) is 4.39. The Labute approximate surface area is 220 Å². The van der Waals surface area contributed by atoms with Crippen molar-refractivity contribution in [2.75, 3.05) is 20.4 Å². The fraction of sp³-hybridized carbons (Fsp3) is 0.250. The molecule has 0 N–H and O–H groups in total. The third kappa shape index (κ3) is 7.42. The summed E-state index contributed by atoms with van der Waals surface area (Å²) in [6, 6.07) is 34.9. The van der Waals surface area contributed by atoms with Crippen LogP contribution in [-0.2, 0) is 12.8 Å². The minimum absolute atomic E-state index is 0.703. The molecule has 0 aliphatic carbocycles. The zero-order chi connectivity index (χ0) is 25.2. The smallest absolute Gasteiger partial charge is 0.118 e. The van der Waals surface area contributed by atoms with E-state index in [-0.39, 0.29) is 0 Å². The van der Waals surface area contributed by atoms with Gasteiger partial charge in [-0.15, -0.1) is 0 Å². The lowest BCUT2D eigenvalue weighted by Crippen LogP contribution is -2.14. The van der Waals surface area contributed by atoms with Crippen molar-refractivity contribution in [1.82, 2.24) is 0 Å². The standard InChI is InChI=1S/C32H36O2P2/c1-4-30(36-32-12-8-6-10-27(32)22-25-15-19-29(34-3)20-16-25)23-35-31-11-7-5-9-26(31)21-24-13-17-28(33-2)18-14-24/h5-20,30,35-36H,4,21-23H2,1-3H3. The van der Waals surface area contributed by atoms with Gasteiger partial charge in [0.25, 0.3) is 0 Å². The number of benzene rings is 4. The molecule has 0 amide bonds. The summed E-state index contributed by atoms with van der Waals surface area (Å²) >= 11 is 0. The van der Waals surface area contributed by atoms with Crippen LogP contribution in [0.5, 0.6) is 11.5 Å². The van der Waals surface area contributed by atoms with Gasteiger partial charge in [0.15, 0.2) is 0 Å². The van der Waals surface area contributed by atoms with Crippen LogP contribution in [0.1, 0.15) is 35.6 Å². The summed E-state index contributed by atoms with van der Waals surface area (Å²) in [5, 5.41) is 3.01. The molecule has 3 atom stereocenters. The predicted molar refractivity (Wildman–Crippen MR) is 159 cm³/mol. The first-order valence-corrected chi connectivity index (χ1v) is 14.9. The Morgan fingerprint density at radius 2 is 1.08 bits per heavy atom. The van der Waals surface area contributed by atoms with E-state index < -0.39 is 0 Å². The van der Waals surface area contributed by atoms with Crippen molar-refractivity contribution in [1.29, 1.82) is 0 Å². The van der Waals surface area contributed by atoms with Crippen molar-refractivity contribution in [2.45, 2.75) is 31.8 Å². The normalized spacial score (nSPS) is 12.4. The molecule has 4 rings (SSSR count). The second-order valence-electron chi connectivity index (χ2n) is 8.99. The van der Waals surface area contributed by atoms with Crippen LogP contribution in [0.3, 0.4) is 0 Å². The second-order valence-corrected chi connectivity index (χ2v) is 11.9. The molecule has 3 unspecified atom stereocenters. The molecule has 0 aliphatic rings.